The zero-order valence-electron chi connectivity index (χ0n) is 23.4. The van der Waals surface area contributed by atoms with Crippen molar-refractivity contribution in [1.82, 2.24) is 0 Å². The maximum absolute atomic E-state index is 7.08. The minimum Gasteiger partial charge on any atom is -0.456 e. The molecular weight excluding hydrogens is 576 g/mol. The van der Waals surface area contributed by atoms with Gasteiger partial charge >= 0.3 is 0 Å². The molecule has 0 N–H and O–H groups in total. The number of hydrogen-bond donors (Lipinski definition) is 0. The van der Waals surface area contributed by atoms with E-state index < -0.39 is 5.41 Å². The molecule has 2 heteroatoms. The summed E-state index contributed by atoms with van der Waals surface area (Å²) >= 11 is 3.88. The van der Waals surface area contributed by atoms with Gasteiger partial charge in [0.25, 0.3) is 0 Å². The Kier molecular flexibility index (Phi) is 4.81. The van der Waals surface area contributed by atoms with E-state index in [2.05, 4.69) is 157 Å². The first-order chi connectivity index (χ1) is 20.5. The van der Waals surface area contributed by atoms with E-state index in [1.807, 2.05) is 0 Å². The van der Waals surface area contributed by atoms with Crippen molar-refractivity contribution in [3.05, 3.63) is 165 Å². The third-order valence-electron chi connectivity index (χ3n) is 9.80. The first-order valence-electron chi connectivity index (χ1n) is 14.6. The Bertz CT molecular complexity index is 2120. The van der Waals surface area contributed by atoms with Gasteiger partial charge in [-0.3, -0.25) is 0 Å². The SMILES string of the molecule is CC1(C)c2ccccc2-c2ccc3c(c21)Oc1ccccc1C31c2ccccc2-c2ccccc2-c2ccc(Br)cc21. The van der Waals surface area contributed by atoms with Gasteiger partial charge in [-0.05, 0) is 68.3 Å². The predicted octanol–water partition coefficient (Wildman–Crippen LogP) is 10.9. The number of benzene rings is 6. The quantitative estimate of drug-likeness (QED) is 0.168. The van der Waals surface area contributed by atoms with E-state index in [1.54, 1.807) is 0 Å². The van der Waals surface area contributed by atoms with Crippen LogP contribution in [0.5, 0.6) is 11.5 Å². The lowest BCUT2D eigenvalue weighted by Gasteiger charge is -2.43. The Hall–Kier alpha value is -4.40. The molecule has 1 spiro atoms. The maximum atomic E-state index is 7.08. The lowest BCUT2D eigenvalue weighted by molar-refractivity contribution is 0.421. The molecule has 1 nitrogen and oxygen atoms in total. The smallest absolute Gasteiger partial charge is 0.136 e. The second-order valence-electron chi connectivity index (χ2n) is 12.2. The largest absolute Gasteiger partial charge is 0.456 e. The van der Waals surface area contributed by atoms with E-state index in [-0.39, 0.29) is 5.41 Å². The Labute approximate surface area is 254 Å². The number of halogens is 1. The van der Waals surface area contributed by atoms with Gasteiger partial charge in [-0.25, -0.2) is 0 Å². The first-order valence-corrected chi connectivity index (χ1v) is 15.3. The third-order valence-corrected chi connectivity index (χ3v) is 10.3. The van der Waals surface area contributed by atoms with Crippen molar-refractivity contribution in [2.24, 2.45) is 0 Å². The van der Waals surface area contributed by atoms with E-state index >= 15 is 0 Å². The standard InChI is InChI=1S/C40H27BrO/c1-39(2)31-15-7-5-14-28(31)30-21-22-34-38(37(30)39)42-36-18-10-9-17-33(36)40(34)32-16-8-6-13-27(32)25-11-3-4-12-26(25)29-20-19-24(41)23-35(29)40/h3-23H,1-2H3. The Morgan fingerprint density at radius 2 is 1.02 bits per heavy atom. The van der Waals surface area contributed by atoms with Crippen LogP contribution < -0.4 is 4.74 Å². The summed E-state index contributed by atoms with van der Waals surface area (Å²) in [6.45, 7) is 4.69. The van der Waals surface area contributed by atoms with Gasteiger partial charge in [-0.2, -0.15) is 0 Å². The zero-order valence-corrected chi connectivity index (χ0v) is 25.0. The second kappa shape index (κ2) is 8.33. The molecule has 2 aliphatic carbocycles. The molecule has 200 valence electrons. The van der Waals surface area contributed by atoms with Gasteiger partial charge in [0, 0.05) is 26.6 Å². The predicted molar refractivity (Wildman–Crippen MR) is 175 cm³/mol. The van der Waals surface area contributed by atoms with Crippen LogP contribution in [0.4, 0.5) is 0 Å². The summed E-state index contributed by atoms with van der Waals surface area (Å²) in [6.07, 6.45) is 0. The second-order valence-corrected chi connectivity index (χ2v) is 13.1. The monoisotopic (exact) mass is 602 g/mol. The molecule has 1 heterocycles. The van der Waals surface area contributed by atoms with Crippen LogP contribution in [0.15, 0.2) is 132 Å². The third kappa shape index (κ3) is 2.88. The van der Waals surface area contributed by atoms with Crippen LogP contribution in [-0.4, -0.2) is 0 Å². The number of para-hydroxylation sites is 1. The molecule has 1 unspecified atom stereocenters. The van der Waals surface area contributed by atoms with Crippen LogP contribution in [0, 0.1) is 0 Å². The maximum Gasteiger partial charge on any atom is 0.136 e. The molecule has 0 saturated carbocycles. The van der Waals surface area contributed by atoms with Crippen molar-refractivity contribution >= 4 is 15.9 Å². The molecule has 0 amide bonds. The van der Waals surface area contributed by atoms with Crippen molar-refractivity contribution in [2.75, 3.05) is 0 Å². The molecule has 42 heavy (non-hydrogen) atoms. The molecule has 6 aromatic carbocycles. The molecule has 9 rings (SSSR count). The number of fused-ring (bicyclic) bond motifs is 15. The molecule has 0 saturated heterocycles. The van der Waals surface area contributed by atoms with Crippen molar-refractivity contribution < 1.29 is 4.74 Å². The van der Waals surface area contributed by atoms with Gasteiger partial charge in [0.05, 0.1) is 5.41 Å². The van der Waals surface area contributed by atoms with Gasteiger partial charge < -0.3 is 4.74 Å². The van der Waals surface area contributed by atoms with Crippen LogP contribution in [0.3, 0.4) is 0 Å². The average Bonchev–Trinajstić information content (AvgIpc) is 3.20. The van der Waals surface area contributed by atoms with Gasteiger partial charge in [-0.1, -0.05) is 139 Å². The zero-order chi connectivity index (χ0) is 28.2. The summed E-state index contributed by atoms with van der Waals surface area (Å²) < 4.78 is 8.15. The molecule has 6 aromatic rings. The van der Waals surface area contributed by atoms with E-state index in [0.717, 1.165) is 16.0 Å². The van der Waals surface area contributed by atoms with Crippen molar-refractivity contribution in [2.45, 2.75) is 24.7 Å². The fraction of sp³-hybridized carbons (Fsp3) is 0.100. The fourth-order valence-corrected chi connectivity index (χ4v) is 8.49. The molecule has 0 fully saturated rings. The average molecular weight is 604 g/mol. The number of ether oxygens (including phenoxy) is 1. The molecule has 1 atom stereocenters. The lowest BCUT2D eigenvalue weighted by atomic mass is 9.61. The number of rotatable bonds is 0. The highest BCUT2D eigenvalue weighted by molar-refractivity contribution is 9.10. The van der Waals surface area contributed by atoms with Gasteiger partial charge in [-0.15, -0.1) is 0 Å². The van der Waals surface area contributed by atoms with Crippen molar-refractivity contribution in [3.8, 4) is 44.9 Å². The minimum absolute atomic E-state index is 0.210. The highest BCUT2D eigenvalue weighted by Crippen LogP contribution is 2.64. The van der Waals surface area contributed by atoms with Crippen LogP contribution in [0.25, 0.3) is 33.4 Å². The van der Waals surface area contributed by atoms with E-state index in [9.17, 15) is 0 Å². The fourth-order valence-electron chi connectivity index (χ4n) is 8.13. The minimum atomic E-state index is -0.598. The highest BCUT2D eigenvalue weighted by Gasteiger charge is 2.51. The van der Waals surface area contributed by atoms with Gasteiger partial charge in [0.2, 0.25) is 0 Å². The van der Waals surface area contributed by atoms with E-state index in [0.29, 0.717) is 0 Å². The van der Waals surface area contributed by atoms with E-state index in [1.165, 1.54) is 66.8 Å². The number of hydrogen-bond acceptors (Lipinski definition) is 1. The lowest BCUT2D eigenvalue weighted by Crippen LogP contribution is -2.35. The molecule has 0 aromatic heterocycles. The molecule has 0 radical (unpaired) electrons. The van der Waals surface area contributed by atoms with Crippen molar-refractivity contribution in [3.63, 3.8) is 0 Å². The summed E-state index contributed by atoms with van der Waals surface area (Å²) in [7, 11) is 0. The highest BCUT2D eigenvalue weighted by atomic mass is 79.9. The Balaban J connectivity index is 1.52. The van der Waals surface area contributed by atoms with Crippen LogP contribution >= 0.6 is 15.9 Å². The Morgan fingerprint density at radius 3 is 1.76 bits per heavy atom. The molecule has 1 aliphatic heterocycles. The summed E-state index contributed by atoms with van der Waals surface area (Å²) in [6, 6.07) is 46.8. The summed E-state index contributed by atoms with van der Waals surface area (Å²) in [5, 5.41) is 0. The van der Waals surface area contributed by atoms with Crippen molar-refractivity contribution in [1.29, 1.82) is 0 Å². The van der Waals surface area contributed by atoms with Gasteiger partial charge in [0.15, 0.2) is 0 Å². The molecule has 3 aliphatic rings. The van der Waals surface area contributed by atoms with E-state index in [4.69, 9.17) is 4.74 Å². The normalized spacial score (nSPS) is 17.9. The van der Waals surface area contributed by atoms with Crippen LogP contribution in [-0.2, 0) is 10.8 Å². The van der Waals surface area contributed by atoms with Gasteiger partial charge in [0.1, 0.15) is 11.5 Å². The summed E-state index contributed by atoms with van der Waals surface area (Å²) in [4.78, 5) is 0. The molecule has 0 bridgehead atoms. The molecular formula is C40H27BrO. The summed E-state index contributed by atoms with van der Waals surface area (Å²) in [5.41, 5.74) is 14.3. The Morgan fingerprint density at radius 1 is 0.476 bits per heavy atom. The van der Waals surface area contributed by atoms with Crippen LogP contribution in [0.2, 0.25) is 0 Å². The van der Waals surface area contributed by atoms with Crippen LogP contribution in [0.1, 0.15) is 47.2 Å². The first kappa shape index (κ1) is 24.2. The topological polar surface area (TPSA) is 9.23 Å². The summed E-state index contributed by atoms with van der Waals surface area (Å²) in [5.74, 6) is 1.90.